The van der Waals surface area contributed by atoms with Gasteiger partial charge in [-0.15, -0.1) is 0 Å². The van der Waals surface area contributed by atoms with E-state index in [4.69, 9.17) is 4.74 Å². The maximum atomic E-state index is 5.76. The average molecular weight is 242 g/mol. The van der Waals surface area contributed by atoms with Crippen LogP contribution in [0.4, 0.5) is 0 Å². The fourth-order valence-electron chi connectivity index (χ4n) is 2.51. The van der Waals surface area contributed by atoms with Gasteiger partial charge in [0, 0.05) is 19.2 Å². The van der Waals surface area contributed by atoms with Crippen LogP contribution < -0.4 is 5.32 Å². The first-order chi connectivity index (χ1) is 8.22. The molecule has 0 bridgehead atoms. The van der Waals surface area contributed by atoms with E-state index in [1.807, 2.05) is 0 Å². The van der Waals surface area contributed by atoms with Gasteiger partial charge in [-0.1, -0.05) is 6.92 Å². The Balaban J connectivity index is 2.02. The van der Waals surface area contributed by atoms with E-state index in [-0.39, 0.29) is 0 Å². The zero-order chi connectivity index (χ0) is 12.5. The SMILES string of the molecule is CCNC(C)CCCN(C)CC1CCCCO1. The molecular formula is C14H30N2O. The van der Waals surface area contributed by atoms with Crippen LogP contribution in [0, 0.1) is 0 Å². The molecule has 0 aromatic carbocycles. The van der Waals surface area contributed by atoms with E-state index in [0.29, 0.717) is 12.1 Å². The Morgan fingerprint density at radius 1 is 1.41 bits per heavy atom. The lowest BCUT2D eigenvalue weighted by Gasteiger charge is -2.27. The van der Waals surface area contributed by atoms with Crippen molar-refractivity contribution < 1.29 is 4.74 Å². The van der Waals surface area contributed by atoms with Gasteiger partial charge in [-0.3, -0.25) is 0 Å². The Morgan fingerprint density at radius 2 is 2.24 bits per heavy atom. The van der Waals surface area contributed by atoms with Crippen molar-refractivity contribution in [3.8, 4) is 0 Å². The number of likely N-dealkylation sites (N-methyl/N-ethyl adjacent to an activating group) is 1. The molecule has 2 atom stereocenters. The maximum absolute atomic E-state index is 5.76. The van der Waals surface area contributed by atoms with Gasteiger partial charge < -0.3 is 15.0 Å². The molecule has 1 saturated heterocycles. The highest BCUT2D eigenvalue weighted by Gasteiger charge is 2.15. The quantitative estimate of drug-likeness (QED) is 0.706. The normalized spacial score (nSPS) is 22.9. The summed E-state index contributed by atoms with van der Waals surface area (Å²) in [5.74, 6) is 0. The van der Waals surface area contributed by atoms with Gasteiger partial charge in [-0.2, -0.15) is 0 Å². The standard InChI is InChI=1S/C14H30N2O/c1-4-15-13(2)8-7-10-16(3)12-14-9-5-6-11-17-14/h13-15H,4-12H2,1-3H3. The molecule has 1 N–H and O–H groups in total. The van der Waals surface area contributed by atoms with Crippen LogP contribution in [0.2, 0.25) is 0 Å². The van der Waals surface area contributed by atoms with Gasteiger partial charge in [-0.25, -0.2) is 0 Å². The van der Waals surface area contributed by atoms with Crippen molar-refractivity contribution in [3.05, 3.63) is 0 Å². The molecule has 0 aliphatic carbocycles. The highest BCUT2D eigenvalue weighted by molar-refractivity contribution is 4.68. The second-order valence-corrected chi connectivity index (χ2v) is 5.35. The molecule has 0 spiro atoms. The number of ether oxygens (including phenoxy) is 1. The lowest BCUT2D eigenvalue weighted by Crippen LogP contribution is -2.34. The number of nitrogens with one attached hydrogen (secondary N) is 1. The van der Waals surface area contributed by atoms with Gasteiger partial charge in [0.2, 0.25) is 0 Å². The smallest absolute Gasteiger partial charge is 0.0701 e. The van der Waals surface area contributed by atoms with Crippen molar-refractivity contribution in [2.75, 3.05) is 33.3 Å². The summed E-state index contributed by atoms with van der Waals surface area (Å²) >= 11 is 0. The van der Waals surface area contributed by atoms with Crippen molar-refractivity contribution in [2.24, 2.45) is 0 Å². The number of nitrogens with zero attached hydrogens (tertiary/aromatic N) is 1. The molecule has 1 aliphatic rings. The summed E-state index contributed by atoms with van der Waals surface area (Å²) in [7, 11) is 2.22. The molecule has 0 saturated carbocycles. The van der Waals surface area contributed by atoms with E-state index in [1.54, 1.807) is 0 Å². The summed E-state index contributed by atoms with van der Waals surface area (Å²) in [5.41, 5.74) is 0. The Morgan fingerprint density at radius 3 is 2.88 bits per heavy atom. The zero-order valence-electron chi connectivity index (χ0n) is 11.9. The summed E-state index contributed by atoms with van der Waals surface area (Å²) in [4.78, 5) is 2.43. The summed E-state index contributed by atoms with van der Waals surface area (Å²) in [6.45, 7) is 8.78. The molecule has 0 aromatic rings. The summed E-state index contributed by atoms with van der Waals surface area (Å²) in [6, 6.07) is 0.652. The monoisotopic (exact) mass is 242 g/mol. The highest BCUT2D eigenvalue weighted by Crippen LogP contribution is 2.13. The molecule has 0 aromatic heterocycles. The van der Waals surface area contributed by atoms with E-state index >= 15 is 0 Å². The third kappa shape index (κ3) is 7.02. The lowest BCUT2D eigenvalue weighted by molar-refractivity contribution is -0.00165. The summed E-state index contributed by atoms with van der Waals surface area (Å²) in [6.07, 6.45) is 6.87. The molecule has 102 valence electrons. The van der Waals surface area contributed by atoms with Crippen LogP contribution in [0.3, 0.4) is 0 Å². The minimum Gasteiger partial charge on any atom is -0.377 e. The van der Waals surface area contributed by atoms with Crippen molar-refractivity contribution in [2.45, 2.75) is 58.1 Å². The molecule has 1 heterocycles. The molecule has 0 amide bonds. The molecular weight excluding hydrogens is 212 g/mol. The van der Waals surface area contributed by atoms with Gasteiger partial charge in [0.25, 0.3) is 0 Å². The van der Waals surface area contributed by atoms with Crippen LogP contribution in [0.1, 0.15) is 46.0 Å². The summed E-state index contributed by atoms with van der Waals surface area (Å²) in [5, 5.41) is 3.46. The van der Waals surface area contributed by atoms with Gasteiger partial charge in [0.15, 0.2) is 0 Å². The second-order valence-electron chi connectivity index (χ2n) is 5.35. The molecule has 3 nitrogen and oxygen atoms in total. The van der Waals surface area contributed by atoms with Crippen LogP contribution >= 0.6 is 0 Å². The number of hydrogen-bond donors (Lipinski definition) is 1. The van der Waals surface area contributed by atoms with Crippen molar-refractivity contribution in [1.29, 1.82) is 0 Å². The van der Waals surface area contributed by atoms with Gasteiger partial charge in [0.1, 0.15) is 0 Å². The van der Waals surface area contributed by atoms with E-state index in [1.165, 1.54) is 38.6 Å². The molecule has 1 aliphatic heterocycles. The zero-order valence-corrected chi connectivity index (χ0v) is 11.9. The predicted molar refractivity (Wildman–Crippen MR) is 73.5 cm³/mol. The largest absolute Gasteiger partial charge is 0.377 e. The lowest BCUT2D eigenvalue weighted by atomic mass is 10.1. The number of rotatable bonds is 8. The first kappa shape index (κ1) is 14.9. The van der Waals surface area contributed by atoms with E-state index in [0.717, 1.165) is 19.7 Å². The average Bonchev–Trinajstić information content (AvgIpc) is 2.30. The van der Waals surface area contributed by atoms with Crippen molar-refractivity contribution in [1.82, 2.24) is 10.2 Å². The Hall–Kier alpha value is -0.120. The van der Waals surface area contributed by atoms with E-state index in [2.05, 4.69) is 31.1 Å². The Labute approximate surface area is 107 Å². The van der Waals surface area contributed by atoms with Crippen LogP contribution in [-0.4, -0.2) is 50.3 Å². The number of hydrogen-bond acceptors (Lipinski definition) is 3. The van der Waals surface area contributed by atoms with E-state index in [9.17, 15) is 0 Å². The fourth-order valence-corrected chi connectivity index (χ4v) is 2.51. The van der Waals surface area contributed by atoms with E-state index < -0.39 is 0 Å². The Kier molecular flexibility index (Phi) is 7.82. The third-order valence-electron chi connectivity index (χ3n) is 3.52. The van der Waals surface area contributed by atoms with Crippen LogP contribution in [0.15, 0.2) is 0 Å². The minimum absolute atomic E-state index is 0.486. The van der Waals surface area contributed by atoms with Crippen LogP contribution in [0.25, 0.3) is 0 Å². The topological polar surface area (TPSA) is 24.5 Å². The Bertz CT molecular complexity index is 181. The second kappa shape index (κ2) is 8.90. The van der Waals surface area contributed by atoms with Crippen molar-refractivity contribution in [3.63, 3.8) is 0 Å². The first-order valence-corrected chi connectivity index (χ1v) is 7.26. The van der Waals surface area contributed by atoms with Crippen LogP contribution in [-0.2, 0) is 4.74 Å². The molecule has 3 heteroatoms. The van der Waals surface area contributed by atoms with Crippen molar-refractivity contribution >= 4 is 0 Å². The molecule has 1 rings (SSSR count). The van der Waals surface area contributed by atoms with Crippen LogP contribution in [0.5, 0.6) is 0 Å². The highest BCUT2D eigenvalue weighted by atomic mass is 16.5. The molecule has 0 radical (unpaired) electrons. The minimum atomic E-state index is 0.486. The molecule has 1 fully saturated rings. The van der Waals surface area contributed by atoms with Gasteiger partial charge in [0.05, 0.1) is 6.10 Å². The summed E-state index contributed by atoms with van der Waals surface area (Å²) < 4.78 is 5.76. The van der Waals surface area contributed by atoms with Gasteiger partial charge in [-0.05, 0) is 59.2 Å². The fraction of sp³-hybridized carbons (Fsp3) is 1.00. The predicted octanol–water partition coefficient (Wildman–Crippen LogP) is 2.27. The molecule has 2 unspecified atom stereocenters. The molecule has 17 heavy (non-hydrogen) atoms. The first-order valence-electron chi connectivity index (χ1n) is 7.26. The third-order valence-corrected chi connectivity index (χ3v) is 3.52. The maximum Gasteiger partial charge on any atom is 0.0701 e. The van der Waals surface area contributed by atoms with Gasteiger partial charge >= 0.3 is 0 Å².